The molecule has 1 rings (SSSR count). The van der Waals surface area contributed by atoms with Gasteiger partial charge in [-0.25, -0.2) is 0 Å². The second kappa shape index (κ2) is 7.27. The van der Waals surface area contributed by atoms with Crippen LogP contribution in [0.3, 0.4) is 0 Å². The van der Waals surface area contributed by atoms with Crippen molar-refractivity contribution >= 4 is 11.9 Å². The molecule has 1 saturated heterocycles. The standard InChI is InChI=1S/C12H22N2O3/c1-2-3-8-17-11(15)9-14-7-5-4-6-10(14)12(13)16/h10H,2-9H2,1H3,(H2,13,16). The highest BCUT2D eigenvalue weighted by molar-refractivity contribution is 5.81. The van der Waals surface area contributed by atoms with E-state index in [0.29, 0.717) is 6.61 Å². The first kappa shape index (κ1) is 14.0. The van der Waals surface area contributed by atoms with Gasteiger partial charge < -0.3 is 10.5 Å². The number of unbranched alkanes of at least 4 members (excludes halogenated alkanes) is 1. The van der Waals surface area contributed by atoms with Gasteiger partial charge in [-0.05, 0) is 25.8 Å². The summed E-state index contributed by atoms with van der Waals surface area (Å²) in [7, 11) is 0. The number of primary amides is 1. The summed E-state index contributed by atoms with van der Waals surface area (Å²) in [5, 5.41) is 0. The molecule has 1 unspecified atom stereocenters. The van der Waals surface area contributed by atoms with Crippen molar-refractivity contribution in [1.82, 2.24) is 4.90 Å². The Morgan fingerprint density at radius 1 is 1.41 bits per heavy atom. The third kappa shape index (κ3) is 4.73. The van der Waals surface area contributed by atoms with Crippen molar-refractivity contribution in [1.29, 1.82) is 0 Å². The lowest BCUT2D eigenvalue weighted by atomic mass is 10.0. The lowest BCUT2D eigenvalue weighted by molar-refractivity contribution is -0.146. The number of rotatable bonds is 6. The molecule has 1 aliphatic heterocycles. The number of ether oxygens (including phenoxy) is 1. The Hall–Kier alpha value is -1.10. The minimum atomic E-state index is -0.342. The van der Waals surface area contributed by atoms with E-state index in [-0.39, 0.29) is 24.5 Å². The third-order valence-corrected chi connectivity index (χ3v) is 3.04. The molecule has 0 aromatic heterocycles. The summed E-state index contributed by atoms with van der Waals surface area (Å²) in [5.41, 5.74) is 5.32. The normalized spacial score (nSPS) is 21.1. The lowest BCUT2D eigenvalue weighted by Crippen LogP contribution is -2.49. The maximum Gasteiger partial charge on any atom is 0.320 e. The molecule has 2 N–H and O–H groups in total. The van der Waals surface area contributed by atoms with Crippen LogP contribution in [0.2, 0.25) is 0 Å². The van der Waals surface area contributed by atoms with Gasteiger partial charge in [0.15, 0.2) is 0 Å². The first-order valence-electron chi connectivity index (χ1n) is 6.34. The number of hydrogen-bond acceptors (Lipinski definition) is 4. The van der Waals surface area contributed by atoms with Crippen LogP contribution >= 0.6 is 0 Å². The lowest BCUT2D eigenvalue weighted by Gasteiger charge is -2.32. The van der Waals surface area contributed by atoms with Gasteiger partial charge in [-0.2, -0.15) is 0 Å². The number of nitrogens with two attached hydrogens (primary N) is 1. The predicted octanol–water partition coefficient (Wildman–Crippen LogP) is 0.669. The van der Waals surface area contributed by atoms with Crippen LogP contribution in [-0.2, 0) is 14.3 Å². The molecular weight excluding hydrogens is 220 g/mol. The van der Waals surface area contributed by atoms with Crippen LogP contribution in [0.15, 0.2) is 0 Å². The number of nitrogens with zero attached hydrogens (tertiary/aromatic N) is 1. The first-order chi connectivity index (χ1) is 8.15. The summed E-state index contributed by atoms with van der Waals surface area (Å²) in [4.78, 5) is 24.6. The van der Waals surface area contributed by atoms with Crippen molar-refractivity contribution in [2.45, 2.75) is 45.1 Å². The largest absolute Gasteiger partial charge is 0.465 e. The molecule has 1 amide bonds. The third-order valence-electron chi connectivity index (χ3n) is 3.04. The van der Waals surface area contributed by atoms with E-state index in [4.69, 9.17) is 10.5 Å². The molecule has 1 heterocycles. The van der Waals surface area contributed by atoms with Crippen molar-refractivity contribution in [3.8, 4) is 0 Å². The summed E-state index contributed by atoms with van der Waals surface area (Å²) in [6, 6.07) is -0.303. The number of carbonyl (C=O) groups is 2. The van der Waals surface area contributed by atoms with Gasteiger partial charge in [0.2, 0.25) is 5.91 Å². The van der Waals surface area contributed by atoms with E-state index in [1.807, 2.05) is 11.8 Å². The zero-order chi connectivity index (χ0) is 12.7. The highest BCUT2D eigenvalue weighted by Crippen LogP contribution is 2.16. The topological polar surface area (TPSA) is 72.6 Å². The van der Waals surface area contributed by atoms with Crippen molar-refractivity contribution in [2.24, 2.45) is 5.73 Å². The Balaban J connectivity index is 2.36. The molecule has 0 spiro atoms. The molecule has 98 valence electrons. The molecule has 0 aromatic rings. The number of piperidine rings is 1. The molecule has 0 aliphatic carbocycles. The van der Waals surface area contributed by atoms with E-state index in [1.165, 1.54) is 0 Å². The van der Waals surface area contributed by atoms with Crippen LogP contribution < -0.4 is 5.73 Å². The molecule has 0 bridgehead atoms. The van der Waals surface area contributed by atoms with Crippen molar-refractivity contribution < 1.29 is 14.3 Å². The van der Waals surface area contributed by atoms with E-state index in [1.54, 1.807) is 0 Å². The minimum absolute atomic E-state index is 0.178. The van der Waals surface area contributed by atoms with Gasteiger partial charge in [-0.3, -0.25) is 14.5 Å². The zero-order valence-corrected chi connectivity index (χ0v) is 10.5. The van der Waals surface area contributed by atoms with Crippen molar-refractivity contribution in [2.75, 3.05) is 19.7 Å². The Bertz CT molecular complexity index is 268. The zero-order valence-electron chi connectivity index (χ0n) is 10.5. The van der Waals surface area contributed by atoms with E-state index in [9.17, 15) is 9.59 Å². The average Bonchev–Trinajstić information content (AvgIpc) is 2.29. The summed E-state index contributed by atoms with van der Waals surface area (Å²) in [6.45, 7) is 3.43. The van der Waals surface area contributed by atoms with Gasteiger partial charge in [0.25, 0.3) is 0 Å². The highest BCUT2D eigenvalue weighted by atomic mass is 16.5. The van der Waals surface area contributed by atoms with E-state index < -0.39 is 0 Å². The monoisotopic (exact) mass is 242 g/mol. The van der Waals surface area contributed by atoms with Crippen LogP contribution in [0.25, 0.3) is 0 Å². The van der Waals surface area contributed by atoms with Crippen molar-refractivity contribution in [3.63, 3.8) is 0 Å². The Morgan fingerprint density at radius 3 is 2.82 bits per heavy atom. The molecule has 5 heteroatoms. The fourth-order valence-electron chi connectivity index (χ4n) is 2.04. The highest BCUT2D eigenvalue weighted by Gasteiger charge is 2.28. The quantitative estimate of drug-likeness (QED) is 0.549. The van der Waals surface area contributed by atoms with Crippen LogP contribution in [0, 0.1) is 0 Å². The Labute approximate surface area is 102 Å². The SMILES string of the molecule is CCCCOC(=O)CN1CCCCC1C(N)=O. The minimum Gasteiger partial charge on any atom is -0.465 e. The maximum absolute atomic E-state index is 11.5. The second-order valence-electron chi connectivity index (χ2n) is 4.46. The number of carbonyl (C=O) groups excluding carboxylic acids is 2. The van der Waals surface area contributed by atoms with E-state index in [0.717, 1.165) is 38.6 Å². The second-order valence-corrected chi connectivity index (χ2v) is 4.46. The summed E-state index contributed by atoms with van der Waals surface area (Å²) >= 11 is 0. The summed E-state index contributed by atoms with van der Waals surface area (Å²) < 4.78 is 5.08. The molecule has 1 fully saturated rings. The number of amides is 1. The van der Waals surface area contributed by atoms with Gasteiger partial charge in [0, 0.05) is 0 Å². The van der Waals surface area contributed by atoms with Crippen LogP contribution in [0.4, 0.5) is 0 Å². The van der Waals surface area contributed by atoms with Crippen LogP contribution in [-0.4, -0.2) is 42.5 Å². The summed E-state index contributed by atoms with van der Waals surface area (Å²) in [5.74, 6) is -0.599. The maximum atomic E-state index is 11.5. The van der Waals surface area contributed by atoms with Crippen LogP contribution in [0.1, 0.15) is 39.0 Å². The van der Waals surface area contributed by atoms with Gasteiger partial charge >= 0.3 is 5.97 Å². The number of likely N-dealkylation sites (tertiary alicyclic amines) is 1. The number of hydrogen-bond donors (Lipinski definition) is 1. The predicted molar refractivity (Wildman–Crippen MR) is 64.3 cm³/mol. The summed E-state index contributed by atoms with van der Waals surface area (Å²) in [6.07, 6.45) is 4.63. The molecule has 0 radical (unpaired) electrons. The van der Waals surface area contributed by atoms with E-state index >= 15 is 0 Å². The smallest absolute Gasteiger partial charge is 0.320 e. The van der Waals surface area contributed by atoms with Crippen LogP contribution in [0.5, 0.6) is 0 Å². The fraction of sp³-hybridized carbons (Fsp3) is 0.833. The number of esters is 1. The average molecular weight is 242 g/mol. The van der Waals surface area contributed by atoms with Gasteiger partial charge in [-0.15, -0.1) is 0 Å². The van der Waals surface area contributed by atoms with E-state index in [2.05, 4.69) is 0 Å². The van der Waals surface area contributed by atoms with Gasteiger partial charge in [0.1, 0.15) is 0 Å². The molecule has 17 heavy (non-hydrogen) atoms. The van der Waals surface area contributed by atoms with Crippen molar-refractivity contribution in [3.05, 3.63) is 0 Å². The Morgan fingerprint density at radius 2 is 2.18 bits per heavy atom. The molecule has 1 aliphatic rings. The van der Waals surface area contributed by atoms with Gasteiger partial charge in [0.05, 0.1) is 19.2 Å². The molecule has 0 aromatic carbocycles. The Kier molecular flexibility index (Phi) is 5.97. The first-order valence-corrected chi connectivity index (χ1v) is 6.34. The molecular formula is C12H22N2O3. The molecule has 0 saturated carbocycles. The molecule has 1 atom stereocenters. The fourth-order valence-corrected chi connectivity index (χ4v) is 2.04. The molecule has 5 nitrogen and oxygen atoms in total. The van der Waals surface area contributed by atoms with Gasteiger partial charge in [-0.1, -0.05) is 19.8 Å².